The fourth-order valence-electron chi connectivity index (χ4n) is 3.67. The maximum atomic E-state index is 13.0. The maximum absolute atomic E-state index is 13.0. The van der Waals surface area contributed by atoms with Gasteiger partial charge in [0, 0.05) is 17.1 Å². The summed E-state index contributed by atoms with van der Waals surface area (Å²) in [5.41, 5.74) is 2.56. The van der Waals surface area contributed by atoms with Crippen molar-refractivity contribution in [1.82, 2.24) is 9.88 Å². The molecule has 3 aromatic rings. The molecule has 1 aliphatic rings. The van der Waals surface area contributed by atoms with Crippen molar-refractivity contribution in [3.05, 3.63) is 71.4 Å². The zero-order valence-electron chi connectivity index (χ0n) is 17.5. The highest BCUT2D eigenvalue weighted by Crippen LogP contribution is 2.25. The summed E-state index contributed by atoms with van der Waals surface area (Å²) in [5.74, 6) is -2.42. The molecule has 8 heteroatoms. The number of carboxylic acids is 1. The third-order valence-electron chi connectivity index (χ3n) is 5.53. The van der Waals surface area contributed by atoms with Crippen LogP contribution < -0.4 is 10.2 Å². The minimum Gasteiger partial charge on any atom is -0.480 e. The van der Waals surface area contributed by atoms with Gasteiger partial charge in [-0.2, -0.15) is 0 Å². The number of aliphatic carboxylic acids is 1. The monoisotopic (exact) mass is 431 g/mol. The van der Waals surface area contributed by atoms with E-state index in [4.69, 9.17) is 0 Å². The SMILES string of the molecule is CCc1ccc(N2C(=O)NC(=O)/C(=C\c3ccc4c(ccn4[C@@H](C)C(=O)O)c3)C2=O)cc1. The third kappa shape index (κ3) is 3.66. The second kappa shape index (κ2) is 8.14. The summed E-state index contributed by atoms with van der Waals surface area (Å²) in [7, 11) is 0. The van der Waals surface area contributed by atoms with Crippen molar-refractivity contribution in [2.45, 2.75) is 26.3 Å². The second-order valence-electron chi connectivity index (χ2n) is 7.53. The lowest BCUT2D eigenvalue weighted by Gasteiger charge is -2.26. The van der Waals surface area contributed by atoms with Crippen LogP contribution in [0.3, 0.4) is 0 Å². The first-order chi connectivity index (χ1) is 15.3. The Labute approximate surface area is 183 Å². The number of hydrogen-bond donors (Lipinski definition) is 2. The summed E-state index contributed by atoms with van der Waals surface area (Å²) in [6.07, 6.45) is 3.92. The van der Waals surface area contributed by atoms with Crippen molar-refractivity contribution in [2.75, 3.05) is 4.90 Å². The molecule has 2 heterocycles. The minimum absolute atomic E-state index is 0.165. The Kier molecular flexibility index (Phi) is 5.36. The smallest absolute Gasteiger partial charge is 0.335 e. The summed E-state index contributed by atoms with van der Waals surface area (Å²) in [4.78, 5) is 50.1. The van der Waals surface area contributed by atoms with Crippen molar-refractivity contribution in [2.24, 2.45) is 0 Å². The largest absolute Gasteiger partial charge is 0.480 e. The summed E-state index contributed by atoms with van der Waals surface area (Å²) < 4.78 is 1.63. The first-order valence-electron chi connectivity index (χ1n) is 10.1. The van der Waals surface area contributed by atoms with Gasteiger partial charge in [-0.3, -0.25) is 14.9 Å². The molecular formula is C24H21N3O5. The van der Waals surface area contributed by atoms with E-state index in [0.717, 1.165) is 22.3 Å². The molecule has 0 unspecified atom stereocenters. The van der Waals surface area contributed by atoms with E-state index in [2.05, 4.69) is 5.32 Å². The number of amides is 4. The van der Waals surface area contributed by atoms with E-state index in [9.17, 15) is 24.3 Å². The van der Waals surface area contributed by atoms with Crippen LogP contribution in [0, 0.1) is 0 Å². The van der Waals surface area contributed by atoms with Crippen LogP contribution in [0.4, 0.5) is 10.5 Å². The minimum atomic E-state index is -0.949. The Balaban J connectivity index is 1.69. The maximum Gasteiger partial charge on any atom is 0.335 e. The fourth-order valence-corrected chi connectivity index (χ4v) is 3.67. The van der Waals surface area contributed by atoms with Crippen molar-refractivity contribution in [3.63, 3.8) is 0 Å². The molecule has 1 atom stereocenters. The summed E-state index contributed by atoms with van der Waals surface area (Å²) >= 11 is 0. The zero-order chi connectivity index (χ0) is 23.0. The van der Waals surface area contributed by atoms with Crippen molar-refractivity contribution < 1.29 is 24.3 Å². The van der Waals surface area contributed by atoms with E-state index in [-0.39, 0.29) is 5.57 Å². The number of hydrogen-bond acceptors (Lipinski definition) is 4. The number of fused-ring (bicyclic) bond motifs is 1. The normalized spacial score (nSPS) is 16.5. The Bertz CT molecular complexity index is 1290. The van der Waals surface area contributed by atoms with Gasteiger partial charge >= 0.3 is 12.0 Å². The molecule has 4 rings (SSSR count). The van der Waals surface area contributed by atoms with Crippen molar-refractivity contribution >= 4 is 46.5 Å². The number of imide groups is 2. The molecule has 0 bridgehead atoms. The first kappa shape index (κ1) is 21.0. The van der Waals surface area contributed by atoms with Gasteiger partial charge in [-0.25, -0.2) is 14.5 Å². The fraction of sp³-hybridized carbons (Fsp3) is 0.167. The Morgan fingerprint density at radius 3 is 2.47 bits per heavy atom. The highest BCUT2D eigenvalue weighted by atomic mass is 16.4. The van der Waals surface area contributed by atoms with Crippen LogP contribution in [0.25, 0.3) is 17.0 Å². The summed E-state index contributed by atoms with van der Waals surface area (Å²) in [5, 5.41) is 12.2. The molecule has 1 aromatic heterocycles. The number of rotatable bonds is 5. The molecule has 0 saturated carbocycles. The zero-order valence-corrected chi connectivity index (χ0v) is 17.5. The molecule has 0 aliphatic carbocycles. The topological polar surface area (TPSA) is 109 Å². The standard InChI is InChI=1S/C24H21N3O5/c1-3-15-4-7-18(8-5-15)27-22(29)19(21(28)25-24(27)32)13-16-6-9-20-17(12-16)10-11-26(20)14(2)23(30)31/h4-14H,3H2,1-2H3,(H,30,31)(H,25,28,32)/b19-13+/t14-/m0/s1. The van der Waals surface area contributed by atoms with E-state index in [0.29, 0.717) is 16.8 Å². The van der Waals surface area contributed by atoms with Crippen molar-refractivity contribution in [1.29, 1.82) is 0 Å². The molecule has 1 saturated heterocycles. The average Bonchev–Trinajstić information content (AvgIpc) is 3.19. The van der Waals surface area contributed by atoms with Crippen LogP contribution in [0.5, 0.6) is 0 Å². The van der Waals surface area contributed by atoms with Crippen LogP contribution in [-0.4, -0.2) is 33.5 Å². The van der Waals surface area contributed by atoms with Crippen LogP contribution in [-0.2, 0) is 20.8 Å². The van der Waals surface area contributed by atoms with E-state index in [1.54, 1.807) is 54.1 Å². The number of nitrogens with zero attached hydrogens (tertiary/aromatic N) is 2. The van der Waals surface area contributed by atoms with Crippen LogP contribution in [0.15, 0.2) is 60.3 Å². The van der Waals surface area contributed by atoms with Gasteiger partial charge in [0.05, 0.1) is 5.69 Å². The number of anilines is 1. The summed E-state index contributed by atoms with van der Waals surface area (Å²) in [6.45, 7) is 3.59. The van der Waals surface area contributed by atoms with E-state index in [1.165, 1.54) is 6.08 Å². The van der Waals surface area contributed by atoms with Crippen LogP contribution in [0.2, 0.25) is 0 Å². The number of aromatic nitrogens is 1. The molecule has 0 radical (unpaired) electrons. The predicted molar refractivity (Wildman–Crippen MR) is 119 cm³/mol. The highest BCUT2D eigenvalue weighted by Gasteiger charge is 2.36. The van der Waals surface area contributed by atoms with E-state index < -0.39 is 29.9 Å². The third-order valence-corrected chi connectivity index (χ3v) is 5.53. The Morgan fingerprint density at radius 2 is 1.81 bits per heavy atom. The molecule has 2 aromatic carbocycles. The number of carbonyl (C=O) groups excluding carboxylic acids is 3. The van der Waals surface area contributed by atoms with Gasteiger partial charge in [0.2, 0.25) is 0 Å². The molecule has 162 valence electrons. The molecule has 0 spiro atoms. The molecule has 1 aliphatic heterocycles. The van der Waals surface area contributed by atoms with Gasteiger partial charge in [-0.1, -0.05) is 25.1 Å². The number of carboxylic acid groups (broad SMARTS) is 1. The lowest BCUT2D eigenvalue weighted by Crippen LogP contribution is -2.54. The number of aryl methyl sites for hydroxylation is 1. The molecule has 2 N–H and O–H groups in total. The first-order valence-corrected chi connectivity index (χ1v) is 10.1. The number of urea groups is 1. The number of benzene rings is 2. The van der Waals surface area contributed by atoms with E-state index in [1.807, 2.05) is 19.1 Å². The summed E-state index contributed by atoms with van der Waals surface area (Å²) in [6, 6.07) is 12.4. The van der Waals surface area contributed by atoms with Gasteiger partial charge in [0.1, 0.15) is 11.6 Å². The molecule has 8 nitrogen and oxygen atoms in total. The van der Waals surface area contributed by atoms with Crippen LogP contribution in [0.1, 0.15) is 31.0 Å². The van der Waals surface area contributed by atoms with Crippen LogP contribution >= 0.6 is 0 Å². The van der Waals surface area contributed by atoms with Gasteiger partial charge in [-0.05, 0) is 60.9 Å². The molecular weight excluding hydrogens is 410 g/mol. The van der Waals surface area contributed by atoms with Gasteiger partial charge < -0.3 is 9.67 Å². The molecule has 1 fully saturated rings. The number of nitrogens with one attached hydrogen (secondary N) is 1. The molecule has 32 heavy (non-hydrogen) atoms. The Morgan fingerprint density at radius 1 is 1.09 bits per heavy atom. The highest BCUT2D eigenvalue weighted by molar-refractivity contribution is 6.39. The number of barbiturate groups is 1. The van der Waals surface area contributed by atoms with Crippen molar-refractivity contribution in [3.8, 4) is 0 Å². The van der Waals surface area contributed by atoms with Gasteiger partial charge in [-0.15, -0.1) is 0 Å². The second-order valence-corrected chi connectivity index (χ2v) is 7.53. The number of carbonyl (C=O) groups is 4. The van der Waals surface area contributed by atoms with Gasteiger partial charge in [0.25, 0.3) is 11.8 Å². The predicted octanol–water partition coefficient (Wildman–Crippen LogP) is 3.52. The van der Waals surface area contributed by atoms with Gasteiger partial charge in [0.15, 0.2) is 0 Å². The average molecular weight is 431 g/mol. The Hall–Kier alpha value is -4.20. The lowest BCUT2D eigenvalue weighted by molar-refractivity contribution is -0.140. The molecule has 4 amide bonds. The van der Waals surface area contributed by atoms with E-state index >= 15 is 0 Å². The lowest BCUT2D eigenvalue weighted by atomic mass is 10.0. The quantitative estimate of drug-likeness (QED) is 0.475.